The zero-order valence-corrected chi connectivity index (χ0v) is 11.7. The van der Waals surface area contributed by atoms with Crippen LogP contribution in [0.4, 0.5) is 0 Å². The minimum atomic E-state index is 0.601. The van der Waals surface area contributed by atoms with Crippen LogP contribution in [0.1, 0.15) is 17.5 Å². The van der Waals surface area contributed by atoms with Crippen molar-refractivity contribution in [2.75, 3.05) is 13.2 Å². The summed E-state index contributed by atoms with van der Waals surface area (Å²) in [5.74, 6) is 1.39. The van der Waals surface area contributed by atoms with E-state index in [2.05, 4.69) is 15.5 Å². The van der Waals surface area contributed by atoms with Gasteiger partial charge in [-0.25, -0.2) is 0 Å². The summed E-state index contributed by atoms with van der Waals surface area (Å²) in [5, 5.41) is 10.6. The molecule has 0 saturated heterocycles. The molecule has 1 aromatic carbocycles. The number of aromatic amines is 1. The monoisotopic (exact) mass is 293 g/mol. The molecular weight excluding hydrogens is 278 g/mol. The summed E-state index contributed by atoms with van der Waals surface area (Å²) in [7, 11) is 0. The van der Waals surface area contributed by atoms with E-state index in [0.29, 0.717) is 30.5 Å². The van der Waals surface area contributed by atoms with Crippen molar-refractivity contribution in [3.63, 3.8) is 0 Å². The standard InChI is InChI=1S/C14H16ClN3O2/c15-12-4-10(6-16-7-11-8-17-18-9-11)5-13-14(12)20-3-1-2-19-13/h4-5,8-9,16H,1-3,6-7H2,(H,17,18). The Morgan fingerprint density at radius 1 is 1.20 bits per heavy atom. The number of hydrogen-bond donors (Lipinski definition) is 2. The maximum absolute atomic E-state index is 6.25. The van der Waals surface area contributed by atoms with Gasteiger partial charge in [-0.2, -0.15) is 5.10 Å². The van der Waals surface area contributed by atoms with Gasteiger partial charge in [0.15, 0.2) is 11.5 Å². The Kier molecular flexibility index (Phi) is 4.08. The number of ether oxygens (including phenoxy) is 2. The predicted molar refractivity (Wildman–Crippen MR) is 76.2 cm³/mol. The molecule has 2 aromatic rings. The topological polar surface area (TPSA) is 59.2 Å². The first-order valence-electron chi connectivity index (χ1n) is 6.59. The van der Waals surface area contributed by atoms with Gasteiger partial charge in [0.25, 0.3) is 0 Å². The lowest BCUT2D eigenvalue weighted by Crippen LogP contribution is -2.12. The van der Waals surface area contributed by atoms with Gasteiger partial charge >= 0.3 is 0 Å². The zero-order valence-electron chi connectivity index (χ0n) is 11.0. The van der Waals surface area contributed by atoms with E-state index in [0.717, 1.165) is 29.8 Å². The minimum absolute atomic E-state index is 0.601. The van der Waals surface area contributed by atoms with Crippen molar-refractivity contribution < 1.29 is 9.47 Å². The highest BCUT2D eigenvalue weighted by atomic mass is 35.5. The highest BCUT2D eigenvalue weighted by Crippen LogP contribution is 2.37. The van der Waals surface area contributed by atoms with Crippen LogP contribution in [0.5, 0.6) is 11.5 Å². The maximum Gasteiger partial charge on any atom is 0.179 e. The molecule has 106 valence electrons. The molecule has 6 heteroatoms. The fraction of sp³-hybridized carbons (Fsp3) is 0.357. The number of rotatable bonds is 4. The van der Waals surface area contributed by atoms with Crippen molar-refractivity contribution in [3.8, 4) is 11.5 Å². The third-order valence-corrected chi connectivity index (χ3v) is 3.36. The third kappa shape index (κ3) is 3.05. The Morgan fingerprint density at radius 2 is 2.05 bits per heavy atom. The quantitative estimate of drug-likeness (QED) is 0.909. The number of nitrogens with one attached hydrogen (secondary N) is 2. The first-order chi connectivity index (χ1) is 9.83. The molecule has 2 heterocycles. The van der Waals surface area contributed by atoms with Crippen molar-refractivity contribution in [2.45, 2.75) is 19.5 Å². The maximum atomic E-state index is 6.25. The van der Waals surface area contributed by atoms with E-state index in [1.165, 1.54) is 0 Å². The fourth-order valence-electron chi connectivity index (χ4n) is 2.11. The lowest BCUT2D eigenvalue weighted by atomic mass is 10.2. The van der Waals surface area contributed by atoms with Crippen LogP contribution < -0.4 is 14.8 Å². The SMILES string of the molecule is Clc1cc(CNCc2cn[nH]c2)cc2c1OCCCO2. The molecule has 0 fully saturated rings. The van der Waals surface area contributed by atoms with Crippen LogP contribution in [0.15, 0.2) is 24.5 Å². The van der Waals surface area contributed by atoms with Gasteiger partial charge in [0.2, 0.25) is 0 Å². The fourth-order valence-corrected chi connectivity index (χ4v) is 2.40. The largest absolute Gasteiger partial charge is 0.489 e. The van der Waals surface area contributed by atoms with Crippen molar-refractivity contribution in [2.24, 2.45) is 0 Å². The van der Waals surface area contributed by atoms with Crippen molar-refractivity contribution in [1.29, 1.82) is 0 Å². The minimum Gasteiger partial charge on any atom is -0.489 e. The molecular formula is C14H16ClN3O2. The molecule has 0 atom stereocenters. The normalized spacial score (nSPS) is 14.1. The van der Waals surface area contributed by atoms with Gasteiger partial charge in [0, 0.05) is 31.3 Å². The van der Waals surface area contributed by atoms with Crippen LogP contribution in [0, 0.1) is 0 Å². The van der Waals surface area contributed by atoms with Crippen molar-refractivity contribution >= 4 is 11.6 Å². The lowest BCUT2D eigenvalue weighted by molar-refractivity contribution is 0.297. The van der Waals surface area contributed by atoms with Gasteiger partial charge in [-0.05, 0) is 17.7 Å². The number of benzene rings is 1. The van der Waals surface area contributed by atoms with Gasteiger partial charge < -0.3 is 14.8 Å². The summed E-state index contributed by atoms with van der Waals surface area (Å²) in [6.07, 6.45) is 4.54. The predicted octanol–water partition coefficient (Wildman–Crippen LogP) is 2.51. The van der Waals surface area contributed by atoms with E-state index in [1.54, 1.807) is 6.20 Å². The molecule has 0 bridgehead atoms. The van der Waals surface area contributed by atoms with Gasteiger partial charge in [-0.15, -0.1) is 0 Å². The molecule has 0 spiro atoms. The van der Waals surface area contributed by atoms with E-state index >= 15 is 0 Å². The molecule has 3 rings (SSSR count). The number of hydrogen-bond acceptors (Lipinski definition) is 4. The van der Waals surface area contributed by atoms with E-state index in [1.807, 2.05) is 18.3 Å². The van der Waals surface area contributed by atoms with Crippen LogP contribution in [0.25, 0.3) is 0 Å². The van der Waals surface area contributed by atoms with E-state index in [-0.39, 0.29) is 0 Å². The second-order valence-corrected chi connectivity index (χ2v) is 5.07. The number of H-pyrrole nitrogens is 1. The summed E-state index contributed by atoms with van der Waals surface area (Å²) in [5.41, 5.74) is 2.19. The second kappa shape index (κ2) is 6.15. The molecule has 2 N–H and O–H groups in total. The van der Waals surface area contributed by atoms with Gasteiger partial charge in [-0.1, -0.05) is 11.6 Å². The van der Waals surface area contributed by atoms with E-state index in [9.17, 15) is 0 Å². The Balaban J connectivity index is 1.67. The van der Waals surface area contributed by atoms with Crippen LogP contribution in [0.2, 0.25) is 5.02 Å². The molecule has 0 saturated carbocycles. The molecule has 20 heavy (non-hydrogen) atoms. The van der Waals surface area contributed by atoms with E-state index < -0.39 is 0 Å². The van der Waals surface area contributed by atoms with Crippen LogP contribution >= 0.6 is 11.6 Å². The molecule has 0 amide bonds. The first kappa shape index (κ1) is 13.3. The smallest absolute Gasteiger partial charge is 0.179 e. The molecule has 0 radical (unpaired) electrons. The average molecular weight is 294 g/mol. The van der Waals surface area contributed by atoms with Crippen molar-refractivity contribution in [3.05, 3.63) is 40.7 Å². The summed E-state index contributed by atoms with van der Waals surface area (Å²) >= 11 is 6.25. The van der Waals surface area contributed by atoms with E-state index in [4.69, 9.17) is 21.1 Å². The Bertz CT molecular complexity index is 572. The van der Waals surface area contributed by atoms with Crippen LogP contribution in [0.3, 0.4) is 0 Å². The summed E-state index contributed by atoms with van der Waals surface area (Å²) in [4.78, 5) is 0. The van der Waals surface area contributed by atoms with Crippen LogP contribution in [-0.2, 0) is 13.1 Å². The van der Waals surface area contributed by atoms with Crippen molar-refractivity contribution in [1.82, 2.24) is 15.5 Å². The van der Waals surface area contributed by atoms with Gasteiger partial charge in [0.1, 0.15) is 0 Å². The Labute approximate surface area is 122 Å². The van der Waals surface area contributed by atoms with Crippen LogP contribution in [-0.4, -0.2) is 23.4 Å². The molecule has 1 aliphatic rings. The lowest BCUT2D eigenvalue weighted by Gasteiger charge is -2.12. The Morgan fingerprint density at radius 3 is 2.90 bits per heavy atom. The number of aromatic nitrogens is 2. The number of halogens is 1. The third-order valence-electron chi connectivity index (χ3n) is 3.08. The molecule has 5 nitrogen and oxygen atoms in total. The number of fused-ring (bicyclic) bond motifs is 1. The molecule has 0 unspecified atom stereocenters. The second-order valence-electron chi connectivity index (χ2n) is 4.67. The highest BCUT2D eigenvalue weighted by molar-refractivity contribution is 6.32. The summed E-state index contributed by atoms with van der Waals surface area (Å²) in [6.45, 7) is 2.77. The Hall–Kier alpha value is -1.72. The number of nitrogens with zero attached hydrogens (tertiary/aromatic N) is 1. The average Bonchev–Trinajstić information content (AvgIpc) is 2.83. The molecule has 0 aliphatic carbocycles. The molecule has 1 aliphatic heterocycles. The molecule has 1 aromatic heterocycles. The summed E-state index contributed by atoms with van der Waals surface area (Å²) in [6, 6.07) is 3.90. The summed E-state index contributed by atoms with van der Waals surface area (Å²) < 4.78 is 11.3. The zero-order chi connectivity index (χ0) is 13.8. The van der Waals surface area contributed by atoms with Gasteiger partial charge in [-0.3, -0.25) is 5.10 Å². The highest BCUT2D eigenvalue weighted by Gasteiger charge is 2.15. The van der Waals surface area contributed by atoms with Gasteiger partial charge in [0.05, 0.1) is 24.4 Å². The first-order valence-corrected chi connectivity index (χ1v) is 6.97.